The highest BCUT2D eigenvalue weighted by molar-refractivity contribution is 5.85. The van der Waals surface area contributed by atoms with Gasteiger partial charge in [-0.1, -0.05) is 13.3 Å². The van der Waals surface area contributed by atoms with Gasteiger partial charge in [0.05, 0.1) is 30.8 Å². The first-order valence-corrected chi connectivity index (χ1v) is 6.49. The Bertz CT molecular complexity index is 432. The standard InChI is InChI=1S/C14H21N3O2/c1-3-7-14(2,16)13(18)17(9-5-8-15)11-12-6-4-10-19-12/h4,6,10H,3,5,7,9,11,16H2,1-2H3. The van der Waals surface area contributed by atoms with E-state index in [1.54, 1.807) is 30.2 Å². The van der Waals surface area contributed by atoms with Crippen molar-refractivity contribution < 1.29 is 9.21 Å². The highest BCUT2D eigenvalue weighted by atomic mass is 16.3. The number of hydrogen-bond donors (Lipinski definition) is 1. The van der Waals surface area contributed by atoms with Crippen molar-refractivity contribution in [3.8, 4) is 6.07 Å². The van der Waals surface area contributed by atoms with Gasteiger partial charge in [-0.3, -0.25) is 4.79 Å². The maximum absolute atomic E-state index is 12.4. The van der Waals surface area contributed by atoms with Gasteiger partial charge in [0.2, 0.25) is 5.91 Å². The molecule has 0 aromatic carbocycles. The van der Waals surface area contributed by atoms with Crippen molar-refractivity contribution in [3.05, 3.63) is 24.2 Å². The number of hydrogen-bond acceptors (Lipinski definition) is 4. The fourth-order valence-electron chi connectivity index (χ4n) is 2.02. The predicted octanol–water partition coefficient (Wildman–Crippen LogP) is 2.04. The zero-order chi connectivity index (χ0) is 14.3. The lowest BCUT2D eigenvalue weighted by Gasteiger charge is -2.30. The fourth-order valence-corrected chi connectivity index (χ4v) is 2.02. The molecule has 1 rings (SSSR count). The Labute approximate surface area is 114 Å². The normalized spacial score (nSPS) is 13.6. The molecule has 1 atom stereocenters. The molecule has 0 aliphatic heterocycles. The highest BCUT2D eigenvalue weighted by Gasteiger charge is 2.31. The molecule has 0 aliphatic carbocycles. The summed E-state index contributed by atoms with van der Waals surface area (Å²) in [6.07, 6.45) is 3.31. The fraction of sp³-hybridized carbons (Fsp3) is 0.571. The Balaban J connectivity index is 2.78. The van der Waals surface area contributed by atoms with Gasteiger partial charge in [0.1, 0.15) is 5.76 Å². The third kappa shape index (κ3) is 4.42. The van der Waals surface area contributed by atoms with Crippen LogP contribution in [0.15, 0.2) is 22.8 Å². The molecule has 1 heterocycles. The lowest BCUT2D eigenvalue weighted by atomic mass is 9.95. The van der Waals surface area contributed by atoms with Gasteiger partial charge in [0.15, 0.2) is 0 Å². The Morgan fingerprint density at radius 1 is 1.63 bits per heavy atom. The molecule has 5 nitrogen and oxygen atoms in total. The molecule has 0 radical (unpaired) electrons. The van der Waals surface area contributed by atoms with Crippen molar-refractivity contribution >= 4 is 5.91 Å². The average molecular weight is 263 g/mol. The number of amides is 1. The molecule has 1 unspecified atom stereocenters. The van der Waals surface area contributed by atoms with Gasteiger partial charge in [-0.05, 0) is 25.5 Å². The van der Waals surface area contributed by atoms with Crippen LogP contribution < -0.4 is 5.73 Å². The molecule has 19 heavy (non-hydrogen) atoms. The molecule has 1 aromatic rings. The first-order valence-electron chi connectivity index (χ1n) is 6.49. The van der Waals surface area contributed by atoms with E-state index in [0.29, 0.717) is 25.3 Å². The van der Waals surface area contributed by atoms with Crippen LogP contribution in [0.25, 0.3) is 0 Å². The molecule has 0 fully saturated rings. The maximum Gasteiger partial charge on any atom is 0.242 e. The third-order valence-electron chi connectivity index (χ3n) is 2.97. The summed E-state index contributed by atoms with van der Waals surface area (Å²) in [5.41, 5.74) is 5.18. The number of nitriles is 1. The smallest absolute Gasteiger partial charge is 0.242 e. The number of nitrogens with zero attached hydrogens (tertiary/aromatic N) is 2. The number of carbonyl (C=O) groups excluding carboxylic acids is 1. The predicted molar refractivity (Wildman–Crippen MR) is 71.9 cm³/mol. The second-order valence-corrected chi connectivity index (χ2v) is 4.88. The van der Waals surface area contributed by atoms with Gasteiger partial charge in [-0.15, -0.1) is 0 Å². The minimum Gasteiger partial charge on any atom is -0.467 e. The summed E-state index contributed by atoms with van der Waals surface area (Å²) in [6.45, 7) is 4.45. The van der Waals surface area contributed by atoms with E-state index in [9.17, 15) is 4.79 Å². The number of rotatable bonds is 7. The minimum absolute atomic E-state index is 0.138. The molecule has 104 valence electrons. The van der Waals surface area contributed by atoms with E-state index in [0.717, 1.165) is 6.42 Å². The zero-order valence-electron chi connectivity index (χ0n) is 11.6. The molecule has 2 N–H and O–H groups in total. The first-order chi connectivity index (χ1) is 9.01. The minimum atomic E-state index is -0.892. The molecule has 0 saturated carbocycles. The largest absolute Gasteiger partial charge is 0.467 e. The van der Waals surface area contributed by atoms with Gasteiger partial charge in [0.25, 0.3) is 0 Å². The van der Waals surface area contributed by atoms with E-state index in [4.69, 9.17) is 15.4 Å². The number of carbonyl (C=O) groups is 1. The molecule has 0 saturated heterocycles. The van der Waals surface area contributed by atoms with Gasteiger partial charge in [-0.25, -0.2) is 0 Å². The SMILES string of the molecule is CCCC(C)(N)C(=O)N(CCC#N)Cc1ccco1. The van der Waals surface area contributed by atoms with E-state index in [1.165, 1.54) is 0 Å². The summed E-state index contributed by atoms with van der Waals surface area (Å²) in [5, 5.41) is 8.69. The van der Waals surface area contributed by atoms with Crippen LogP contribution in [0.5, 0.6) is 0 Å². The Morgan fingerprint density at radius 3 is 2.89 bits per heavy atom. The average Bonchev–Trinajstić information content (AvgIpc) is 2.86. The second kappa shape index (κ2) is 6.95. The Hall–Kier alpha value is -1.80. The second-order valence-electron chi connectivity index (χ2n) is 4.88. The topological polar surface area (TPSA) is 83.3 Å². The third-order valence-corrected chi connectivity index (χ3v) is 2.97. The van der Waals surface area contributed by atoms with Crippen LogP contribution in [0.3, 0.4) is 0 Å². The van der Waals surface area contributed by atoms with E-state index in [1.807, 2.05) is 6.92 Å². The monoisotopic (exact) mass is 263 g/mol. The van der Waals surface area contributed by atoms with E-state index in [-0.39, 0.29) is 12.3 Å². The summed E-state index contributed by atoms with van der Waals surface area (Å²) < 4.78 is 5.25. The van der Waals surface area contributed by atoms with Crippen LogP contribution in [0.4, 0.5) is 0 Å². The summed E-state index contributed by atoms with van der Waals surface area (Å²) in [6, 6.07) is 5.63. The molecule has 5 heteroatoms. The van der Waals surface area contributed by atoms with Gasteiger partial charge in [0, 0.05) is 6.54 Å². The molecule has 0 aliphatic rings. The molecule has 1 aromatic heterocycles. The first kappa shape index (κ1) is 15.3. The molecule has 0 spiro atoms. The number of nitrogens with two attached hydrogens (primary N) is 1. The molecular formula is C14H21N3O2. The maximum atomic E-state index is 12.4. The molecule has 1 amide bonds. The Morgan fingerprint density at radius 2 is 2.37 bits per heavy atom. The summed E-state index contributed by atoms with van der Waals surface area (Å²) in [5.74, 6) is 0.555. The molecule has 0 bridgehead atoms. The lowest BCUT2D eigenvalue weighted by Crippen LogP contribution is -2.53. The quantitative estimate of drug-likeness (QED) is 0.816. The van der Waals surface area contributed by atoms with Crippen molar-refractivity contribution in [2.75, 3.05) is 6.54 Å². The van der Waals surface area contributed by atoms with Crippen LogP contribution in [0, 0.1) is 11.3 Å². The summed E-state index contributed by atoms with van der Waals surface area (Å²) in [4.78, 5) is 14.0. The van der Waals surface area contributed by atoms with Crippen LogP contribution in [-0.4, -0.2) is 22.9 Å². The summed E-state index contributed by atoms with van der Waals surface area (Å²) >= 11 is 0. The van der Waals surface area contributed by atoms with Crippen molar-refractivity contribution in [1.29, 1.82) is 5.26 Å². The molecular weight excluding hydrogens is 242 g/mol. The van der Waals surface area contributed by atoms with Crippen molar-refractivity contribution in [2.45, 2.75) is 45.2 Å². The van der Waals surface area contributed by atoms with E-state index < -0.39 is 5.54 Å². The number of furan rings is 1. The van der Waals surface area contributed by atoms with Crippen molar-refractivity contribution in [1.82, 2.24) is 4.90 Å². The van der Waals surface area contributed by atoms with Gasteiger partial charge >= 0.3 is 0 Å². The van der Waals surface area contributed by atoms with Crippen LogP contribution in [-0.2, 0) is 11.3 Å². The van der Waals surface area contributed by atoms with Crippen LogP contribution in [0.1, 0.15) is 38.9 Å². The van der Waals surface area contributed by atoms with E-state index in [2.05, 4.69) is 6.07 Å². The highest BCUT2D eigenvalue weighted by Crippen LogP contribution is 2.16. The summed E-state index contributed by atoms with van der Waals surface area (Å²) in [7, 11) is 0. The van der Waals surface area contributed by atoms with Crippen LogP contribution in [0.2, 0.25) is 0 Å². The zero-order valence-corrected chi connectivity index (χ0v) is 11.6. The van der Waals surface area contributed by atoms with Crippen molar-refractivity contribution in [3.63, 3.8) is 0 Å². The van der Waals surface area contributed by atoms with Crippen LogP contribution >= 0.6 is 0 Å². The lowest BCUT2D eigenvalue weighted by molar-refractivity contribution is -0.137. The van der Waals surface area contributed by atoms with Gasteiger partial charge < -0.3 is 15.1 Å². The Kier molecular flexibility index (Phi) is 5.58. The van der Waals surface area contributed by atoms with E-state index >= 15 is 0 Å². The van der Waals surface area contributed by atoms with Gasteiger partial charge in [-0.2, -0.15) is 5.26 Å². The van der Waals surface area contributed by atoms with Crippen molar-refractivity contribution in [2.24, 2.45) is 5.73 Å².